The lowest BCUT2D eigenvalue weighted by atomic mass is 10.2. The Morgan fingerprint density at radius 3 is 2.70 bits per heavy atom. The Balaban J connectivity index is 1.37. The summed E-state index contributed by atoms with van der Waals surface area (Å²) >= 11 is 1.71. The van der Waals surface area contributed by atoms with Crippen molar-refractivity contribution in [2.24, 2.45) is 0 Å². The van der Waals surface area contributed by atoms with Crippen molar-refractivity contribution in [3.8, 4) is 5.75 Å². The number of para-hydroxylation sites is 2. The summed E-state index contributed by atoms with van der Waals surface area (Å²) in [6.45, 7) is 4.46. The van der Waals surface area contributed by atoms with Crippen LogP contribution in [0.3, 0.4) is 0 Å². The van der Waals surface area contributed by atoms with E-state index in [1.807, 2.05) is 29.2 Å². The molecule has 0 N–H and O–H groups in total. The minimum atomic E-state index is -0.0654. The van der Waals surface area contributed by atoms with Gasteiger partial charge in [0.05, 0.1) is 18.7 Å². The van der Waals surface area contributed by atoms with E-state index in [1.165, 1.54) is 5.56 Å². The number of benzene rings is 1. The first kappa shape index (κ1) is 18.0. The Labute approximate surface area is 162 Å². The molecule has 0 unspecified atom stereocenters. The molecular formula is C20H23N3O3S. The molecule has 1 aromatic heterocycles. The largest absolute Gasteiger partial charge is 0.491 e. The summed E-state index contributed by atoms with van der Waals surface area (Å²) in [7, 11) is 0. The Morgan fingerprint density at radius 1 is 1.11 bits per heavy atom. The lowest BCUT2D eigenvalue weighted by molar-refractivity contribution is -0.133. The van der Waals surface area contributed by atoms with Crippen molar-refractivity contribution in [3.63, 3.8) is 0 Å². The average Bonchev–Trinajstić information content (AvgIpc) is 3.14. The predicted octanol–water partition coefficient (Wildman–Crippen LogP) is 2.21. The number of rotatable bonds is 4. The summed E-state index contributed by atoms with van der Waals surface area (Å²) < 4.78 is 5.65. The first-order valence-corrected chi connectivity index (χ1v) is 10.2. The summed E-state index contributed by atoms with van der Waals surface area (Å²) in [5.41, 5.74) is 2.01. The molecule has 7 heteroatoms. The van der Waals surface area contributed by atoms with Crippen molar-refractivity contribution in [2.45, 2.75) is 13.0 Å². The molecule has 0 radical (unpaired) electrons. The number of carbonyl (C=O) groups is 2. The highest BCUT2D eigenvalue weighted by Crippen LogP contribution is 2.30. The molecule has 1 fully saturated rings. The molecule has 0 atom stereocenters. The van der Waals surface area contributed by atoms with E-state index >= 15 is 0 Å². The van der Waals surface area contributed by atoms with Crippen molar-refractivity contribution in [3.05, 3.63) is 46.7 Å². The molecule has 2 aliphatic heterocycles. The smallest absolute Gasteiger partial charge is 0.242 e. The molecule has 2 amide bonds. The van der Waals surface area contributed by atoms with Crippen molar-refractivity contribution >= 4 is 28.8 Å². The van der Waals surface area contributed by atoms with Crippen molar-refractivity contribution in [1.82, 2.24) is 9.80 Å². The number of nitrogens with zero attached hydrogens (tertiary/aromatic N) is 3. The SMILES string of the molecule is O=C(CN1C(=O)CCOc2ccccc21)N1CCN(Cc2ccsc2)CC1. The van der Waals surface area contributed by atoms with Gasteiger partial charge in [0.15, 0.2) is 0 Å². The maximum atomic E-state index is 12.8. The second kappa shape index (κ2) is 8.10. The molecule has 27 heavy (non-hydrogen) atoms. The molecule has 0 bridgehead atoms. The van der Waals surface area contributed by atoms with Gasteiger partial charge in [-0.3, -0.25) is 19.4 Å². The summed E-state index contributed by atoms with van der Waals surface area (Å²) in [6.07, 6.45) is 0.288. The first-order chi connectivity index (χ1) is 13.2. The first-order valence-electron chi connectivity index (χ1n) is 9.24. The van der Waals surface area contributed by atoms with Crippen molar-refractivity contribution in [2.75, 3.05) is 44.2 Å². The second-order valence-corrected chi connectivity index (χ2v) is 7.61. The van der Waals surface area contributed by atoms with E-state index < -0.39 is 0 Å². The maximum absolute atomic E-state index is 12.8. The molecule has 2 aromatic rings. The highest BCUT2D eigenvalue weighted by molar-refractivity contribution is 7.07. The third-order valence-corrected chi connectivity index (χ3v) is 5.77. The van der Waals surface area contributed by atoms with Crippen LogP contribution in [-0.2, 0) is 16.1 Å². The topological polar surface area (TPSA) is 53.1 Å². The molecule has 0 aliphatic carbocycles. The number of anilines is 1. The van der Waals surface area contributed by atoms with Crippen LogP contribution in [0.2, 0.25) is 0 Å². The molecule has 3 heterocycles. The van der Waals surface area contributed by atoms with Crippen LogP contribution in [0.5, 0.6) is 5.75 Å². The standard InChI is InChI=1S/C20H23N3O3S/c24-19-5-11-26-18-4-2-1-3-17(18)23(19)14-20(25)22-9-7-21(8-10-22)13-16-6-12-27-15-16/h1-4,6,12,15H,5,7-11,13-14H2. The van der Waals surface area contributed by atoms with Crippen LogP contribution in [-0.4, -0.2) is 60.9 Å². The molecule has 142 valence electrons. The molecule has 1 saturated heterocycles. The summed E-state index contributed by atoms with van der Waals surface area (Å²) in [6, 6.07) is 9.56. The minimum absolute atomic E-state index is 0.00441. The summed E-state index contributed by atoms with van der Waals surface area (Å²) in [4.78, 5) is 31.1. The predicted molar refractivity (Wildman–Crippen MR) is 105 cm³/mol. The van der Waals surface area contributed by atoms with Crippen LogP contribution >= 0.6 is 11.3 Å². The van der Waals surface area contributed by atoms with E-state index in [1.54, 1.807) is 16.2 Å². The average molecular weight is 385 g/mol. The number of fused-ring (bicyclic) bond motifs is 1. The van der Waals surface area contributed by atoms with E-state index in [-0.39, 0.29) is 24.8 Å². The number of amides is 2. The van der Waals surface area contributed by atoms with Crippen LogP contribution in [0.25, 0.3) is 0 Å². The molecule has 0 saturated carbocycles. The fourth-order valence-corrected chi connectivity index (χ4v) is 4.18. The van der Waals surface area contributed by atoms with Crippen LogP contribution in [0.1, 0.15) is 12.0 Å². The zero-order valence-electron chi connectivity index (χ0n) is 15.2. The zero-order valence-corrected chi connectivity index (χ0v) is 16.0. The zero-order chi connectivity index (χ0) is 18.6. The van der Waals surface area contributed by atoms with Gasteiger partial charge in [0.25, 0.3) is 0 Å². The summed E-state index contributed by atoms with van der Waals surface area (Å²) in [5.74, 6) is 0.594. The summed E-state index contributed by atoms with van der Waals surface area (Å²) in [5, 5.41) is 4.26. The number of carbonyl (C=O) groups excluding carboxylic acids is 2. The molecule has 6 nitrogen and oxygen atoms in total. The fourth-order valence-electron chi connectivity index (χ4n) is 3.52. The van der Waals surface area contributed by atoms with Gasteiger partial charge in [0, 0.05) is 32.7 Å². The van der Waals surface area contributed by atoms with Gasteiger partial charge in [-0.05, 0) is 34.5 Å². The third kappa shape index (κ3) is 4.14. The van der Waals surface area contributed by atoms with Crippen molar-refractivity contribution < 1.29 is 14.3 Å². The van der Waals surface area contributed by atoms with Gasteiger partial charge in [-0.2, -0.15) is 11.3 Å². The number of hydrogen-bond donors (Lipinski definition) is 0. The number of piperazine rings is 1. The lowest BCUT2D eigenvalue weighted by Crippen LogP contribution is -2.51. The van der Waals surface area contributed by atoms with E-state index in [4.69, 9.17) is 4.74 Å². The normalized spacial score (nSPS) is 18.0. The van der Waals surface area contributed by atoms with Gasteiger partial charge >= 0.3 is 0 Å². The maximum Gasteiger partial charge on any atom is 0.242 e. The fraction of sp³-hybridized carbons (Fsp3) is 0.400. The van der Waals surface area contributed by atoms with Gasteiger partial charge in [0.2, 0.25) is 11.8 Å². The lowest BCUT2D eigenvalue weighted by Gasteiger charge is -2.35. The van der Waals surface area contributed by atoms with E-state index in [0.29, 0.717) is 31.1 Å². The van der Waals surface area contributed by atoms with Crippen LogP contribution in [0.15, 0.2) is 41.1 Å². The van der Waals surface area contributed by atoms with Gasteiger partial charge in [-0.1, -0.05) is 12.1 Å². The van der Waals surface area contributed by atoms with Gasteiger partial charge < -0.3 is 9.64 Å². The minimum Gasteiger partial charge on any atom is -0.491 e. The molecule has 4 rings (SSSR count). The second-order valence-electron chi connectivity index (χ2n) is 6.83. The Hall–Kier alpha value is -2.38. The molecular weight excluding hydrogens is 362 g/mol. The quantitative estimate of drug-likeness (QED) is 0.810. The third-order valence-electron chi connectivity index (χ3n) is 5.04. The molecule has 0 spiro atoms. The van der Waals surface area contributed by atoms with Gasteiger partial charge in [-0.15, -0.1) is 0 Å². The van der Waals surface area contributed by atoms with Crippen LogP contribution in [0, 0.1) is 0 Å². The highest BCUT2D eigenvalue weighted by Gasteiger charge is 2.28. The monoisotopic (exact) mass is 385 g/mol. The molecule has 2 aliphatic rings. The Morgan fingerprint density at radius 2 is 1.93 bits per heavy atom. The highest BCUT2D eigenvalue weighted by atomic mass is 32.1. The van der Waals surface area contributed by atoms with Crippen molar-refractivity contribution in [1.29, 1.82) is 0 Å². The van der Waals surface area contributed by atoms with Crippen LogP contribution in [0.4, 0.5) is 5.69 Å². The number of thiophene rings is 1. The van der Waals surface area contributed by atoms with E-state index in [2.05, 4.69) is 21.7 Å². The van der Waals surface area contributed by atoms with Crippen LogP contribution < -0.4 is 9.64 Å². The van der Waals surface area contributed by atoms with E-state index in [9.17, 15) is 9.59 Å². The van der Waals surface area contributed by atoms with E-state index in [0.717, 1.165) is 19.6 Å². The molecule has 1 aromatic carbocycles. The number of ether oxygens (including phenoxy) is 1. The van der Waals surface area contributed by atoms with Gasteiger partial charge in [0.1, 0.15) is 12.3 Å². The number of hydrogen-bond acceptors (Lipinski definition) is 5. The Bertz CT molecular complexity index is 801. The Kier molecular flexibility index (Phi) is 5.40. The van der Waals surface area contributed by atoms with Gasteiger partial charge in [-0.25, -0.2) is 0 Å².